The highest BCUT2D eigenvalue weighted by Gasteiger charge is 2.11. The van der Waals surface area contributed by atoms with E-state index < -0.39 is 5.38 Å². The van der Waals surface area contributed by atoms with E-state index in [1.165, 1.54) is 0 Å². The highest BCUT2D eigenvalue weighted by atomic mass is 35.5. The van der Waals surface area contributed by atoms with Gasteiger partial charge in [0.2, 0.25) is 0 Å². The predicted molar refractivity (Wildman–Crippen MR) is 57.9 cm³/mol. The minimum absolute atomic E-state index is 0.0191. The van der Waals surface area contributed by atoms with E-state index in [2.05, 4.69) is 0 Å². The van der Waals surface area contributed by atoms with Crippen LogP contribution in [0.2, 0.25) is 0 Å². The van der Waals surface area contributed by atoms with Crippen molar-refractivity contribution in [3.63, 3.8) is 0 Å². The molecule has 0 spiro atoms. The minimum Gasteiger partial charge on any atom is -0.293 e. The van der Waals surface area contributed by atoms with Gasteiger partial charge < -0.3 is 0 Å². The number of ketones is 1. The van der Waals surface area contributed by atoms with Crippen molar-refractivity contribution in [2.24, 2.45) is 0 Å². The van der Waals surface area contributed by atoms with Crippen molar-refractivity contribution in [1.82, 2.24) is 0 Å². The van der Waals surface area contributed by atoms with Gasteiger partial charge in [0.1, 0.15) is 0 Å². The first-order chi connectivity index (χ1) is 6.15. The van der Waals surface area contributed by atoms with E-state index in [1.807, 2.05) is 30.5 Å². The van der Waals surface area contributed by atoms with E-state index in [-0.39, 0.29) is 5.78 Å². The van der Waals surface area contributed by atoms with E-state index >= 15 is 0 Å². The molecule has 0 heterocycles. The number of thioether (sulfide) groups is 1. The normalized spacial score (nSPS) is 12.5. The van der Waals surface area contributed by atoms with E-state index in [0.717, 1.165) is 4.90 Å². The molecule has 0 saturated heterocycles. The maximum Gasteiger partial charge on any atom is 0.180 e. The average molecular weight is 215 g/mol. The molecule has 0 bridgehead atoms. The lowest BCUT2D eigenvalue weighted by Gasteiger charge is -2.02. The van der Waals surface area contributed by atoms with Crippen LogP contribution in [0.3, 0.4) is 0 Å². The molecule has 1 nitrogen and oxygen atoms in total. The van der Waals surface area contributed by atoms with Gasteiger partial charge in [-0.2, -0.15) is 0 Å². The standard InChI is InChI=1S/C10H11ClOS/c1-7(11)10(12)8-3-5-9(13-2)6-4-8/h3-7H,1-2H3. The van der Waals surface area contributed by atoms with Crippen molar-refractivity contribution in [3.8, 4) is 0 Å². The summed E-state index contributed by atoms with van der Waals surface area (Å²) < 4.78 is 0. The van der Waals surface area contributed by atoms with E-state index in [4.69, 9.17) is 11.6 Å². The number of hydrogen-bond acceptors (Lipinski definition) is 2. The summed E-state index contributed by atoms with van der Waals surface area (Å²) in [6, 6.07) is 7.48. The number of benzene rings is 1. The lowest BCUT2D eigenvalue weighted by atomic mass is 10.1. The molecule has 1 aromatic rings. The molecule has 0 aromatic heterocycles. The summed E-state index contributed by atoms with van der Waals surface area (Å²) in [7, 11) is 0. The number of hydrogen-bond donors (Lipinski definition) is 0. The molecule has 13 heavy (non-hydrogen) atoms. The molecule has 0 saturated carbocycles. The van der Waals surface area contributed by atoms with Crippen LogP contribution >= 0.6 is 23.4 Å². The summed E-state index contributed by atoms with van der Waals surface area (Å²) in [5, 5.41) is -0.444. The molecule has 1 atom stereocenters. The highest BCUT2D eigenvalue weighted by Crippen LogP contribution is 2.16. The lowest BCUT2D eigenvalue weighted by molar-refractivity contribution is 0.0991. The lowest BCUT2D eigenvalue weighted by Crippen LogP contribution is -2.09. The molecule has 0 aliphatic carbocycles. The average Bonchev–Trinajstić information content (AvgIpc) is 2.17. The number of carbonyl (C=O) groups is 1. The molecule has 3 heteroatoms. The van der Waals surface area contributed by atoms with Crippen molar-refractivity contribution in [3.05, 3.63) is 29.8 Å². The largest absolute Gasteiger partial charge is 0.293 e. The fraction of sp³-hybridized carbons (Fsp3) is 0.300. The van der Waals surface area contributed by atoms with Crippen molar-refractivity contribution < 1.29 is 4.79 Å². The van der Waals surface area contributed by atoms with Gasteiger partial charge in [-0.1, -0.05) is 12.1 Å². The zero-order chi connectivity index (χ0) is 9.84. The first-order valence-corrected chi connectivity index (χ1v) is 5.63. The Balaban J connectivity index is 2.86. The molecule has 0 amide bonds. The van der Waals surface area contributed by atoms with Crippen LogP contribution in [0.1, 0.15) is 17.3 Å². The summed E-state index contributed by atoms with van der Waals surface area (Å²) in [6.07, 6.45) is 2.00. The van der Waals surface area contributed by atoms with Crippen molar-refractivity contribution in [2.45, 2.75) is 17.2 Å². The molecule has 0 N–H and O–H groups in total. The summed E-state index contributed by atoms with van der Waals surface area (Å²) in [6.45, 7) is 1.69. The summed E-state index contributed by atoms with van der Waals surface area (Å²) in [5.41, 5.74) is 0.681. The van der Waals surface area contributed by atoms with Crippen molar-refractivity contribution >= 4 is 29.1 Å². The molecule has 0 radical (unpaired) electrons. The van der Waals surface area contributed by atoms with Crippen LogP contribution in [-0.2, 0) is 0 Å². The summed E-state index contributed by atoms with van der Waals surface area (Å²) in [5.74, 6) is -0.0191. The zero-order valence-electron chi connectivity index (χ0n) is 7.58. The summed E-state index contributed by atoms with van der Waals surface area (Å²) >= 11 is 7.33. The van der Waals surface area contributed by atoms with Gasteiger partial charge in [0.05, 0.1) is 5.38 Å². The molecular formula is C10H11ClOS. The maximum absolute atomic E-state index is 11.4. The second-order valence-corrected chi connectivity index (χ2v) is 4.24. The number of rotatable bonds is 3. The van der Waals surface area contributed by atoms with Gasteiger partial charge in [-0.25, -0.2) is 0 Å². The molecular weight excluding hydrogens is 204 g/mol. The smallest absolute Gasteiger partial charge is 0.180 e. The third-order valence-electron chi connectivity index (χ3n) is 1.74. The van der Waals surface area contributed by atoms with Crippen LogP contribution in [0.5, 0.6) is 0 Å². The molecule has 1 unspecified atom stereocenters. The van der Waals surface area contributed by atoms with Crippen LogP contribution in [0.4, 0.5) is 0 Å². The maximum atomic E-state index is 11.4. The Hall–Kier alpha value is -0.470. The fourth-order valence-electron chi connectivity index (χ4n) is 0.985. The third-order valence-corrected chi connectivity index (χ3v) is 2.68. The van der Waals surface area contributed by atoms with E-state index in [1.54, 1.807) is 18.7 Å². The Morgan fingerprint density at radius 2 is 1.92 bits per heavy atom. The second-order valence-electron chi connectivity index (χ2n) is 2.71. The zero-order valence-corrected chi connectivity index (χ0v) is 9.15. The predicted octanol–water partition coefficient (Wildman–Crippen LogP) is 3.22. The molecule has 1 rings (SSSR count). The van der Waals surface area contributed by atoms with Gasteiger partial charge in [-0.3, -0.25) is 4.79 Å². The fourth-order valence-corrected chi connectivity index (χ4v) is 1.52. The first kappa shape index (κ1) is 10.6. The Labute approximate surface area is 87.5 Å². The Morgan fingerprint density at radius 3 is 2.31 bits per heavy atom. The molecule has 0 aliphatic heterocycles. The number of Topliss-reactive ketones (excluding diaryl/α,β-unsaturated/α-hetero) is 1. The molecule has 0 fully saturated rings. The SMILES string of the molecule is CSc1ccc(C(=O)C(C)Cl)cc1. The molecule has 1 aromatic carbocycles. The van der Waals surface area contributed by atoms with Crippen LogP contribution in [0, 0.1) is 0 Å². The van der Waals surface area contributed by atoms with Gasteiger partial charge in [-0.15, -0.1) is 23.4 Å². The van der Waals surface area contributed by atoms with E-state index in [9.17, 15) is 4.79 Å². The van der Waals surface area contributed by atoms with Gasteiger partial charge in [0, 0.05) is 10.5 Å². The van der Waals surface area contributed by atoms with Gasteiger partial charge in [0.25, 0.3) is 0 Å². The Bertz CT molecular complexity index is 292. The second kappa shape index (κ2) is 4.68. The van der Waals surface area contributed by atoms with Crippen molar-refractivity contribution in [1.29, 1.82) is 0 Å². The van der Waals surface area contributed by atoms with Gasteiger partial charge >= 0.3 is 0 Å². The van der Waals surface area contributed by atoms with Crippen LogP contribution in [-0.4, -0.2) is 17.4 Å². The molecule has 70 valence electrons. The van der Waals surface area contributed by atoms with E-state index in [0.29, 0.717) is 5.56 Å². The Morgan fingerprint density at radius 1 is 1.38 bits per heavy atom. The van der Waals surface area contributed by atoms with Crippen molar-refractivity contribution in [2.75, 3.05) is 6.26 Å². The van der Waals surface area contributed by atoms with Gasteiger partial charge in [-0.05, 0) is 25.3 Å². The molecule has 0 aliphatic rings. The van der Waals surface area contributed by atoms with Crippen LogP contribution in [0.25, 0.3) is 0 Å². The van der Waals surface area contributed by atoms with Crippen LogP contribution in [0.15, 0.2) is 29.2 Å². The van der Waals surface area contributed by atoms with Crippen LogP contribution < -0.4 is 0 Å². The minimum atomic E-state index is -0.444. The van der Waals surface area contributed by atoms with Gasteiger partial charge in [0.15, 0.2) is 5.78 Å². The topological polar surface area (TPSA) is 17.1 Å². The number of halogens is 1. The first-order valence-electron chi connectivity index (χ1n) is 3.97. The number of carbonyl (C=O) groups excluding carboxylic acids is 1. The number of alkyl halides is 1. The Kier molecular flexibility index (Phi) is 3.82. The highest BCUT2D eigenvalue weighted by molar-refractivity contribution is 7.98. The third kappa shape index (κ3) is 2.75. The quantitative estimate of drug-likeness (QED) is 0.437. The summed E-state index contributed by atoms with van der Waals surface area (Å²) in [4.78, 5) is 12.6. The monoisotopic (exact) mass is 214 g/mol.